The number of likely N-dealkylation sites (N-methyl/N-ethyl adjacent to an activating group) is 1. The average molecular weight is 375 g/mol. The van der Waals surface area contributed by atoms with E-state index >= 15 is 0 Å². The van der Waals surface area contributed by atoms with Crippen molar-refractivity contribution >= 4 is 21.6 Å². The van der Waals surface area contributed by atoms with Crippen LogP contribution >= 0.6 is 0 Å². The topological polar surface area (TPSA) is 83.0 Å². The predicted molar refractivity (Wildman–Crippen MR) is 99.4 cm³/mol. The second-order valence-electron chi connectivity index (χ2n) is 6.38. The Morgan fingerprint density at radius 3 is 2.23 bits per heavy atom. The first-order valence-electron chi connectivity index (χ1n) is 8.49. The number of benzene rings is 2. The summed E-state index contributed by atoms with van der Waals surface area (Å²) in [5.74, 6) is -0.232. The van der Waals surface area contributed by atoms with Crippen LogP contribution in [-0.2, 0) is 10.0 Å². The van der Waals surface area contributed by atoms with Gasteiger partial charge in [-0.15, -0.1) is 0 Å². The fraction of sp³-hybridized carbons (Fsp3) is 0.278. The molecule has 1 amide bonds. The highest BCUT2D eigenvalue weighted by Crippen LogP contribution is 2.16. The number of rotatable bonds is 5. The van der Waals surface area contributed by atoms with Crippen LogP contribution in [0, 0.1) is 0 Å². The largest absolute Gasteiger partial charge is 0.335 e. The molecule has 7 nitrogen and oxygen atoms in total. The number of piperazine rings is 1. The number of carbonyl (C=O) groups is 1. The lowest BCUT2D eigenvalue weighted by atomic mass is 10.2. The van der Waals surface area contributed by atoms with Gasteiger partial charge in [-0.1, -0.05) is 18.2 Å². The van der Waals surface area contributed by atoms with E-state index in [4.69, 9.17) is 0 Å². The summed E-state index contributed by atoms with van der Waals surface area (Å²) in [5, 5.41) is 1.90. The van der Waals surface area contributed by atoms with Crippen molar-refractivity contribution < 1.29 is 18.1 Å². The molecule has 26 heavy (non-hydrogen) atoms. The summed E-state index contributed by atoms with van der Waals surface area (Å²) in [6.07, 6.45) is 0. The second-order valence-corrected chi connectivity index (χ2v) is 8.06. The minimum absolute atomic E-state index is 0.112. The highest BCUT2D eigenvalue weighted by molar-refractivity contribution is 7.92. The Balaban J connectivity index is 1.65. The molecule has 0 atom stereocenters. The van der Waals surface area contributed by atoms with Gasteiger partial charge in [0.05, 0.1) is 38.1 Å². The quantitative estimate of drug-likeness (QED) is 0.685. The molecule has 1 aliphatic heterocycles. The number of amides is 1. The van der Waals surface area contributed by atoms with E-state index in [9.17, 15) is 13.2 Å². The van der Waals surface area contributed by atoms with Gasteiger partial charge in [0.2, 0.25) is 0 Å². The van der Waals surface area contributed by atoms with Crippen LogP contribution in [0.15, 0.2) is 59.5 Å². The number of quaternary nitrogens is 1. The molecule has 2 aromatic carbocycles. The molecule has 0 saturated carbocycles. The fourth-order valence-corrected chi connectivity index (χ4v) is 3.77. The third-order valence-electron chi connectivity index (χ3n) is 4.33. The van der Waals surface area contributed by atoms with Crippen molar-refractivity contribution in [2.45, 2.75) is 4.90 Å². The summed E-state index contributed by atoms with van der Waals surface area (Å²) in [5.41, 5.74) is 3.79. The van der Waals surface area contributed by atoms with Crippen LogP contribution in [-0.4, -0.2) is 52.6 Å². The zero-order valence-electron chi connectivity index (χ0n) is 14.6. The minimum Gasteiger partial charge on any atom is -0.335 e. The number of sulfonamides is 1. The van der Waals surface area contributed by atoms with E-state index < -0.39 is 10.0 Å². The molecule has 138 valence electrons. The van der Waals surface area contributed by atoms with Crippen LogP contribution in [0.2, 0.25) is 0 Å². The normalized spacial score (nSPS) is 16.2. The summed E-state index contributed by atoms with van der Waals surface area (Å²) < 4.78 is 27.3. The van der Waals surface area contributed by atoms with Gasteiger partial charge >= 0.3 is 0 Å². The molecule has 2 aromatic rings. The van der Waals surface area contributed by atoms with E-state index in [2.05, 4.69) is 17.2 Å². The van der Waals surface area contributed by atoms with Gasteiger partial charge in [0.1, 0.15) is 0 Å². The molecule has 0 bridgehead atoms. The van der Waals surface area contributed by atoms with Crippen LogP contribution in [0.5, 0.6) is 0 Å². The highest BCUT2D eigenvalue weighted by atomic mass is 32.2. The summed E-state index contributed by atoms with van der Waals surface area (Å²) in [7, 11) is -1.56. The van der Waals surface area contributed by atoms with Gasteiger partial charge in [0, 0.05) is 11.3 Å². The van der Waals surface area contributed by atoms with Crippen molar-refractivity contribution in [2.24, 2.45) is 0 Å². The molecular weight excluding hydrogens is 352 g/mol. The molecule has 8 heteroatoms. The fourth-order valence-electron chi connectivity index (χ4n) is 2.71. The number of nitrogens with zero attached hydrogens (tertiary/aromatic N) is 1. The van der Waals surface area contributed by atoms with Crippen molar-refractivity contribution in [2.75, 3.05) is 37.9 Å². The van der Waals surface area contributed by atoms with Crippen molar-refractivity contribution in [1.82, 2.24) is 10.4 Å². The number of hydrazine groups is 1. The molecule has 0 unspecified atom stereocenters. The van der Waals surface area contributed by atoms with E-state index in [1.165, 1.54) is 29.2 Å². The Kier molecular flexibility index (Phi) is 5.55. The lowest BCUT2D eigenvalue weighted by molar-refractivity contribution is -0.884. The van der Waals surface area contributed by atoms with Gasteiger partial charge < -0.3 is 4.90 Å². The van der Waals surface area contributed by atoms with Gasteiger partial charge in [-0.2, -0.15) is 0 Å². The van der Waals surface area contributed by atoms with Crippen LogP contribution in [0.25, 0.3) is 0 Å². The van der Waals surface area contributed by atoms with Gasteiger partial charge in [0.15, 0.2) is 0 Å². The molecule has 0 aromatic heterocycles. The maximum absolute atomic E-state index is 12.4. The average Bonchev–Trinajstić information content (AvgIpc) is 2.64. The van der Waals surface area contributed by atoms with E-state index in [0.717, 1.165) is 26.2 Å². The lowest BCUT2D eigenvalue weighted by Crippen LogP contribution is -3.12. The Morgan fingerprint density at radius 1 is 1.00 bits per heavy atom. The first-order valence-corrected chi connectivity index (χ1v) is 9.97. The first kappa shape index (κ1) is 18.4. The molecule has 1 heterocycles. The molecule has 1 saturated heterocycles. The predicted octanol–water partition coefficient (Wildman–Crippen LogP) is -0.0375. The zero-order valence-corrected chi connectivity index (χ0v) is 15.4. The number of hydrogen-bond donors (Lipinski definition) is 3. The number of anilines is 1. The van der Waals surface area contributed by atoms with E-state index in [0.29, 0.717) is 11.3 Å². The van der Waals surface area contributed by atoms with Crippen LogP contribution in [0.1, 0.15) is 10.4 Å². The zero-order chi connectivity index (χ0) is 18.6. The summed E-state index contributed by atoms with van der Waals surface area (Å²) in [6.45, 7) is 3.54. The van der Waals surface area contributed by atoms with Crippen molar-refractivity contribution in [3.8, 4) is 0 Å². The number of para-hydroxylation sites is 1. The molecule has 0 aliphatic carbocycles. The summed E-state index contributed by atoms with van der Waals surface area (Å²) in [6, 6.07) is 14.6. The first-order chi connectivity index (χ1) is 12.4. The Morgan fingerprint density at radius 2 is 1.62 bits per heavy atom. The van der Waals surface area contributed by atoms with Gasteiger partial charge in [0.25, 0.3) is 15.9 Å². The molecule has 3 N–H and O–H groups in total. The summed E-state index contributed by atoms with van der Waals surface area (Å²) in [4.78, 5) is 13.9. The molecular formula is C18H23N4O3S+. The monoisotopic (exact) mass is 375 g/mol. The molecule has 1 aliphatic rings. The summed E-state index contributed by atoms with van der Waals surface area (Å²) >= 11 is 0. The molecule has 3 rings (SSSR count). The Labute approximate surface area is 153 Å². The maximum Gasteiger partial charge on any atom is 0.265 e. The van der Waals surface area contributed by atoms with Crippen LogP contribution in [0.4, 0.5) is 5.69 Å². The van der Waals surface area contributed by atoms with Crippen LogP contribution < -0.4 is 15.0 Å². The van der Waals surface area contributed by atoms with E-state index in [-0.39, 0.29) is 10.8 Å². The van der Waals surface area contributed by atoms with E-state index in [1.807, 2.05) is 11.1 Å². The second kappa shape index (κ2) is 7.86. The SMILES string of the molecule is C[NH+]1CCN(NC(=O)c2ccc(S(=O)(=O)Nc3ccccc3)cc2)CC1. The lowest BCUT2D eigenvalue weighted by Gasteiger charge is -2.30. The minimum atomic E-state index is -3.68. The van der Waals surface area contributed by atoms with Crippen molar-refractivity contribution in [1.29, 1.82) is 0 Å². The smallest absolute Gasteiger partial charge is 0.265 e. The molecule has 1 fully saturated rings. The maximum atomic E-state index is 12.4. The third-order valence-corrected chi connectivity index (χ3v) is 5.73. The molecule has 0 spiro atoms. The standard InChI is InChI=1S/C18H22N4O3S/c1-21-11-13-22(14-12-21)19-18(23)15-7-9-17(10-8-15)26(24,25)20-16-5-3-2-4-6-16/h2-10,20H,11-14H2,1H3,(H,19,23)/p+1. The number of carbonyl (C=O) groups excluding carboxylic acids is 1. The van der Waals surface area contributed by atoms with Crippen LogP contribution in [0.3, 0.4) is 0 Å². The molecule has 0 radical (unpaired) electrons. The number of hydrogen-bond acceptors (Lipinski definition) is 4. The highest BCUT2D eigenvalue weighted by Gasteiger charge is 2.20. The van der Waals surface area contributed by atoms with Gasteiger partial charge in [-0.05, 0) is 36.4 Å². The van der Waals surface area contributed by atoms with E-state index in [1.54, 1.807) is 24.3 Å². The van der Waals surface area contributed by atoms with Crippen molar-refractivity contribution in [3.05, 3.63) is 60.2 Å². The van der Waals surface area contributed by atoms with Gasteiger partial charge in [-0.25, -0.2) is 13.4 Å². The Bertz CT molecular complexity index is 846. The Hall–Kier alpha value is -2.42. The van der Waals surface area contributed by atoms with Crippen molar-refractivity contribution in [3.63, 3.8) is 0 Å². The van der Waals surface area contributed by atoms with Gasteiger partial charge in [-0.3, -0.25) is 14.9 Å². The number of nitrogens with one attached hydrogen (secondary N) is 3. The third kappa shape index (κ3) is 4.60.